The van der Waals surface area contributed by atoms with Crippen molar-refractivity contribution in [2.24, 2.45) is 5.92 Å². The van der Waals surface area contributed by atoms with Gasteiger partial charge < -0.3 is 14.9 Å². The first-order chi connectivity index (χ1) is 9.99. The zero-order valence-corrected chi connectivity index (χ0v) is 12.0. The summed E-state index contributed by atoms with van der Waals surface area (Å²) in [6.07, 6.45) is 0.650. The Balaban J connectivity index is 2.40. The molecular formula is C17H18O4. The van der Waals surface area contributed by atoms with Gasteiger partial charge in [-0.1, -0.05) is 32.0 Å². The number of phenolic OH excluding ortho intramolecular Hbond substituents is 1. The fraction of sp³-hybridized carbons (Fsp3) is 0.235. The van der Waals surface area contributed by atoms with Crippen LogP contribution < -0.4 is 4.74 Å². The van der Waals surface area contributed by atoms with Crippen LogP contribution in [0.4, 0.5) is 0 Å². The molecule has 0 saturated carbocycles. The first-order valence-electron chi connectivity index (χ1n) is 6.80. The van der Waals surface area contributed by atoms with E-state index < -0.39 is 5.97 Å². The second kappa shape index (κ2) is 6.31. The Morgan fingerprint density at radius 2 is 1.76 bits per heavy atom. The largest absolute Gasteiger partial charge is 0.508 e. The Labute approximate surface area is 123 Å². The highest BCUT2D eigenvalue weighted by Crippen LogP contribution is 2.34. The normalized spacial score (nSPS) is 10.6. The molecule has 0 spiro atoms. The molecule has 2 N–H and O–H groups in total. The zero-order valence-electron chi connectivity index (χ0n) is 12.0. The highest BCUT2D eigenvalue weighted by Gasteiger charge is 2.15. The third kappa shape index (κ3) is 3.54. The highest BCUT2D eigenvalue weighted by molar-refractivity contribution is 5.90. The molecular weight excluding hydrogens is 268 g/mol. The number of rotatable bonds is 5. The maximum absolute atomic E-state index is 11.2. The van der Waals surface area contributed by atoms with Gasteiger partial charge in [0.2, 0.25) is 0 Å². The highest BCUT2D eigenvalue weighted by atomic mass is 16.5. The predicted octanol–water partition coefficient (Wildman–Crippen LogP) is 4.08. The summed E-state index contributed by atoms with van der Waals surface area (Å²) in [6, 6.07) is 11.5. The summed E-state index contributed by atoms with van der Waals surface area (Å²) >= 11 is 0. The molecule has 110 valence electrons. The van der Waals surface area contributed by atoms with E-state index in [2.05, 4.69) is 0 Å². The smallest absolute Gasteiger partial charge is 0.339 e. The molecule has 21 heavy (non-hydrogen) atoms. The standard InChI is InChI=1S/C17H18O4/c1-11(2)10-13-14(18)7-5-9-16(13)21-15-8-4-3-6-12(15)17(19)20/h3-9,11,18H,10H2,1-2H3,(H,19,20). The van der Waals surface area contributed by atoms with Gasteiger partial charge in [0, 0.05) is 5.56 Å². The molecule has 0 aliphatic rings. The molecule has 0 aliphatic heterocycles. The Bertz CT molecular complexity index is 647. The molecule has 0 saturated heterocycles. The summed E-state index contributed by atoms with van der Waals surface area (Å²) in [4.78, 5) is 11.2. The summed E-state index contributed by atoms with van der Waals surface area (Å²) in [5.74, 6) is 0.207. The van der Waals surface area contributed by atoms with E-state index in [1.54, 1.807) is 36.4 Å². The molecule has 4 nitrogen and oxygen atoms in total. The second-order valence-corrected chi connectivity index (χ2v) is 5.26. The van der Waals surface area contributed by atoms with Crippen LogP contribution in [0, 0.1) is 5.92 Å². The number of carboxylic acid groups (broad SMARTS) is 1. The maximum Gasteiger partial charge on any atom is 0.339 e. The van der Waals surface area contributed by atoms with Crippen molar-refractivity contribution in [2.75, 3.05) is 0 Å². The van der Waals surface area contributed by atoms with Crippen LogP contribution in [0.15, 0.2) is 42.5 Å². The van der Waals surface area contributed by atoms with E-state index in [4.69, 9.17) is 4.74 Å². The quantitative estimate of drug-likeness (QED) is 0.869. The first kappa shape index (κ1) is 14.9. The van der Waals surface area contributed by atoms with Gasteiger partial charge in [-0.15, -0.1) is 0 Å². The molecule has 0 bridgehead atoms. The Hall–Kier alpha value is -2.49. The lowest BCUT2D eigenvalue weighted by Gasteiger charge is -2.15. The fourth-order valence-electron chi connectivity index (χ4n) is 2.11. The predicted molar refractivity (Wildman–Crippen MR) is 80.1 cm³/mol. The van der Waals surface area contributed by atoms with Crippen LogP contribution in [-0.2, 0) is 6.42 Å². The molecule has 2 rings (SSSR count). The molecule has 2 aromatic carbocycles. The van der Waals surface area contributed by atoms with Gasteiger partial charge in [0.1, 0.15) is 22.8 Å². The molecule has 0 atom stereocenters. The number of aromatic hydroxyl groups is 1. The molecule has 2 aromatic rings. The van der Waals surface area contributed by atoms with Gasteiger partial charge in [0.25, 0.3) is 0 Å². The number of carbonyl (C=O) groups is 1. The van der Waals surface area contributed by atoms with Crippen LogP contribution in [0.5, 0.6) is 17.2 Å². The maximum atomic E-state index is 11.2. The summed E-state index contributed by atoms with van der Waals surface area (Å²) in [5, 5.41) is 19.2. The number of carboxylic acids is 1. The number of benzene rings is 2. The zero-order chi connectivity index (χ0) is 15.4. The lowest BCUT2D eigenvalue weighted by Crippen LogP contribution is -2.02. The second-order valence-electron chi connectivity index (χ2n) is 5.26. The molecule has 0 unspecified atom stereocenters. The van der Waals surface area contributed by atoms with Crippen LogP contribution in [0.3, 0.4) is 0 Å². The molecule has 0 fully saturated rings. The summed E-state index contributed by atoms with van der Waals surface area (Å²) < 4.78 is 5.74. The van der Waals surface area contributed by atoms with E-state index >= 15 is 0 Å². The van der Waals surface area contributed by atoms with Gasteiger partial charge in [-0.05, 0) is 36.6 Å². The Kier molecular flexibility index (Phi) is 4.48. The van der Waals surface area contributed by atoms with Crippen molar-refractivity contribution in [3.63, 3.8) is 0 Å². The number of hydrogen-bond donors (Lipinski definition) is 2. The molecule has 0 aromatic heterocycles. The SMILES string of the molecule is CC(C)Cc1c(O)cccc1Oc1ccccc1C(=O)O. The summed E-state index contributed by atoms with van der Waals surface area (Å²) in [5.41, 5.74) is 0.782. The van der Waals surface area contributed by atoms with Crippen molar-refractivity contribution >= 4 is 5.97 Å². The van der Waals surface area contributed by atoms with Crippen molar-refractivity contribution < 1.29 is 19.7 Å². The van der Waals surface area contributed by atoms with E-state index in [1.165, 1.54) is 6.07 Å². The number of aromatic carboxylic acids is 1. The van der Waals surface area contributed by atoms with Crippen LogP contribution in [-0.4, -0.2) is 16.2 Å². The summed E-state index contributed by atoms with van der Waals surface area (Å²) in [7, 11) is 0. The molecule has 0 aliphatic carbocycles. The third-order valence-electron chi connectivity index (χ3n) is 3.06. The first-order valence-corrected chi connectivity index (χ1v) is 6.80. The molecule has 0 heterocycles. The van der Waals surface area contributed by atoms with Gasteiger partial charge in [0.05, 0.1) is 0 Å². The van der Waals surface area contributed by atoms with E-state index in [0.29, 0.717) is 23.7 Å². The average molecular weight is 286 g/mol. The van der Waals surface area contributed by atoms with Crippen molar-refractivity contribution in [1.29, 1.82) is 0 Å². The molecule has 0 radical (unpaired) electrons. The number of para-hydroxylation sites is 1. The van der Waals surface area contributed by atoms with Gasteiger partial charge in [-0.3, -0.25) is 0 Å². The fourth-order valence-corrected chi connectivity index (χ4v) is 2.11. The third-order valence-corrected chi connectivity index (χ3v) is 3.06. The minimum atomic E-state index is -1.05. The van der Waals surface area contributed by atoms with E-state index in [1.807, 2.05) is 13.8 Å². The van der Waals surface area contributed by atoms with E-state index in [0.717, 1.165) is 0 Å². The van der Waals surface area contributed by atoms with Crippen LogP contribution in [0.25, 0.3) is 0 Å². The van der Waals surface area contributed by atoms with E-state index in [-0.39, 0.29) is 17.1 Å². The molecule has 0 amide bonds. The summed E-state index contributed by atoms with van der Waals surface area (Å²) in [6.45, 7) is 4.09. The van der Waals surface area contributed by atoms with Crippen LogP contribution >= 0.6 is 0 Å². The minimum Gasteiger partial charge on any atom is -0.508 e. The minimum absolute atomic E-state index is 0.0938. The van der Waals surface area contributed by atoms with E-state index in [9.17, 15) is 15.0 Å². The Morgan fingerprint density at radius 3 is 2.43 bits per heavy atom. The topological polar surface area (TPSA) is 66.8 Å². The van der Waals surface area contributed by atoms with Gasteiger partial charge in [-0.2, -0.15) is 0 Å². The van der Waals surface area contributed by atoms with Crippen LogP contribution in [0.2, 0.25) is 0 Å². The Morgan fingerprint density at radius 1 is 1.10 bits per heavy atom. The van der Waals surface area contributed by atoms with Crippen molar-refractivity contribution in [3.05, 3.63) is 53.6 Å². The molecule has 4 heteroatoms. The number of ether oxygens (including phenoxy) is 1. The van der Waals surface area contributed by atoms with Gasteiger partial charge in [-0.25, -0.2) is 4.79 Å². The average Bonchev–Trinajstić information content (AvgIpc) is 2.42. The van der Waals surface area contributed by atoms with Gasteiger partial charge in [0.15, 0.2) is 0 Å². The number of hydrogen-bond acceptors (Lipinski definition) is 3. The van der Waals surface area contributed by atoms with Crippen molar-refractivity contribution in [1.82, 2.24) is 0 Å². The lowest BCUT2D eigenvalue weighted by atomic mass is 10.0. The monoisotopic (exact) mass is 286 g/mol. The lowest BCUT2D eigenvalue weighted by molar-refractivity contribution is 0.0694. The van der Waals surface area contributed by atoms with Crippen molar-refractivity contribution in [2.45, 2.75) is 20.3 Å². The number of phenols is 1. The van der Waals surface area contributed by atoms with Crippen LogP contribution in [0.1, 0.15) is 29.8 Å². The van der Waals surface area contributed by atoms with Crippen molar-refractivity contribution in [3.8, 4) is 17.2 Å². The van der Waals surface area contributed by atoms with Gasteiger partial charge >= 0.3 is 5.97 Å².